The van der Waals surface area contributed by atoms with Gasteiger partial charge in [-0.25, -0.2) is 9.78 Å². The molecule has 1 aromatic carbocycles. The molecule has 0 bridgehead atoms. The number of fused-ring (bicyclic) bond motifs is 3. The molecule has 0 aliphatic carbocycles. The van der Waals surface area contributed by atoms with E-state index in [0.29, 0.717) is 24.0 Å². The van der Waals surface area contributed by atoms with E-state index >= 15 is 0 Å². The summed E-state index contributed by atoms with van der Waals surface area (Å²) in [5.41, 5.74) is 3.13. The molecule has 2 amide bonds. The third kappa shape index (κ3) is 3.07. The Kier molecular flexibility index (Phi) is 4.38. The summed E-state index contributed by atoms with van der Waals surface area (Å²) in [5, 5.41) is 4.17. The average Bonchev–Trinajstić information content (AvgIpc) is 3.40. The van der Waals surface area contributed by atoms with Crippen molar-refractivity contribution >= 4 is 11.7 Å². The molecule has 3 aromatic rings. The smallest absolute Gasteiger partial charge is 0.324 e. The van der Waals surface area contributed by atoms with E-state index in [-0.39, 0.29) is 11.4 Å². The quantitative estimate of drug-likeness (QED) is 0.607. The highest BCUT2D eigenvalue weighted by molar-refractivity contribution is 5.95. The first-order chi connectivity index (χ1) is 14.4. The van der Waals surface area contributed by atoms with Crippen molar-refractivity contribution in [1.82, 2.24) is 24.6 Å². The van der Waals surface area contributed by atoms with Gasteiger partial charge >= 0.3 is 6.03 Å². The van der Waals surface area contributed by atoms with Crippen molar-refractivity contribution in [2.75, 3.05) is 18.0 Å². The minimum absolute atomic E-state index is 0.0454. The Morgan fingerprint density at radius 1 is 1.07 bits per heavy atom. The topological polar surface area (TPSA) is 80.3 Å². The van der Waals surface area contributed by atoms with Crippen LogP contribution in [0.1, 0.15) is 51.6 Å². The number of hydrogen-bond donors (Lipinski definition) is 0. The fraction of sp³-hybridized carbons (Fsp3) is 0.455. The number of urea groups is 1. The number of hydrogen-bond acceptors (Lipinski definition) is 5. The predicted octanol–water partition coefficient (Wildman–Crippen LogP) is 4.15. The van der Waals surface area contributed by atoms with Crippen LogP contribution in [0.2, 0.25) is 0 Å². The first-order valence-corrected chi connectivity index (χ1v) is 10.5. The lowest BCUT2D eigenvalue weighted by Crippen LogP contribution is -2.46. The molecule has 0 radical (unpaired) electrons. The van der Waals surface area contributed by atoms with Crippen molar-refractivity contribution in [3.05, 3.63) is 42.2 Å². The molecular formula is C22H26N6O2. The Morgan fingerprint density at radius 2 is 1.80 bits per heavy atom. The molecule has 8 heteroatoms. The minimum Gasteiger partial charge on any atom is -0.338 e. The van der Waals surface area contributed by atoms with E-state index in [1.54, 1.807) is 6.33 Å². The van der Waals surface area contributed by atoms with Crippen LogP contribution in [0.25, 0.3) is 17.2 Å². The Hall–Kier alpha value is -3.16. The lowest BCUT2D eigenvalue weighted by molar-refractivity contribution is 0.192. The van der Waals surface area contributed by atoms with Gasteiger partial charge in [0.05, 0.1) is 23.6 Å². The minimum atomic E-state index is -0.242. The summed E-state index contributed by atoms with van der Waals surface area (Å²) in [7, 11) is 0. The van der Waals surface area contributed by atoms with Gasteiger partial charge in [-0.05, 0) is 31.4 Å². The highest BCUT2D eigenvalue weighted by atomic mass is 16.5. The van der Waals surface area contributed by atoms with Gasteiger partial charge < -0.3 is 9.42 Å². The number of para-hydroxylation sites is 2. The molecule has 4 heterocycles. The normalized spacial score (nSPS) is 16.4. The number of anilines is 1. The average molecular weight is 406 g/mol. The summed E-state index contributed by atoms with van der Waals surface area (Å²) >= 11 is 0. The largest absolute Gasteiger partial charge is 0.338 e. The lowest BCUT2D eigenvalue weighted by Gasteiger charge is -2.36. The van der Waals surface area contributed by atoms with Crippen LogP contribution in [0.3, 0.4) is 0 Å². The molecular weight excluding hydrogens is 380 g/mol. The number of carbonyl (C=O) groups excluding carboxylic acids is 1. The van der Waals surface area contributed by atoms with Gasteiger partial charge in [0.2, 0.25) is 11.7 Å². The van der Waals surface area contributed by atoms with Crippen LogP contribution in [0.5, 0.6) is 0 Å². The zero-order valence-corrected chi connectivity index (χ0v) is 17.6. The SMILES string of the molecule is CC(C)(C)c1nc(-c2ncn3c2CN(C(=O)N2CCCCC2)c2ccccc2-3)no1. The molecule has 156 valence electrons. The monoisotopic (exact) mass is 406 g/mol. The van der Waals surface area contributed by atoms with Crippen molar-refractivity contribution < 1.29 is 9.32 Å². The number of imidazole rings is 1. The standard InChI is InChI=1S/C22H26N6O2/c1-22(2,3)20-24-19(25-30-20)18-17-13-27(21(29)26-11-7-4-8-12-26)15-9-5-6-10-16(15)28(17)14-23-18/h5-6,9-10,14H,4,7-8,11-13H2,1-3H3. The number of carbonyl (C=O) groups is 1. The molecule has 2 aromatic heterocycles. The van der Waals surface area contributed by atoms with E-state index in [4.69, 9.17) is 4.52 Å². The highest BCUT2D eigenvalue weighted by Crippen LogP contribution is 2.36. The van der Waals surface area contributed by atoms with E-state index in [0.717, 1.165) is 43.0 Å². The summed E-state index contributed by atoms with van der Waals surface area (Å²) in [6.45, 7) is 8.13. The van der Waals surface area contributed by atoms with Crippen LogP contribution in [-0.4, -0.2) is 43.7 Å². The summed E-state index contributed by atoms with van der Waals surface area (Å²) in [6.07, 6.45) is 5.08. The maximum atomic E-state index is 13.4. The molecule has 1 fully saturated rings. The highest BCUT2D eigenvalue weighted by Gasteiger charge is 2.33. The van der Waals surface area contributed by atoms with Gasteiger partial charge in [-0.15, -0.1) is 0 Å². The fourth-order valence-corrected chi connectivity index (χ4v) is 4.10. The summed E-state index contributed by atoms with van der Waals surface area (Å²) in [5.74, 6) is 1.02. The molecule has 0 atom stereocenters. The molecule has 0 spiro atoms. The molecule has 0 unspecified atom stereocenters. The molecule has 5 rings (SSSR count). The zero-order valence-electron chi connectivity index (χ0n) is 17.6. The van der Waals surface area contributed by atoms with E-state index in [1.165, 1.54) is 6.42 Å². The van der Waals surface area contributed by atoms with Crippen molar-refractivity contribution in [3.63, 3.8) is 0 Å². The first kappa shape index (κ1) is 18.8. The van der Waals surface area contributed by atoms with E-state index in [2.05, 4.69) is 15.1 Å². The van der Waals surface area contributed by atoms with Crippen LogP contribution < -0.4 is 4.90 Å². The number of aromatic nitrogens is 4. The maximum Gasteiger partial charge on any atom is 0.324 e. The van der Waals surface area contributed by atoms with Crippen LogP contribution in [0.4, 0.5) is 10.5 Å². The van der Waals surface area contributed by atoms with Gasteiger partial charge in [0, 0.05) is 18.5 Å². The first-order valence-electron chi connectivity index (χ1n) is 10.5. The molecule has 8 nitrogen and oxygen atoms in total. The third-order valence-corrected chi connectivity index (χ3v) is 5.74. The Balaban J connectivity index is 1.56. The zero-order chi connectivity index (χ0) is 20.9. The molecule has 2 aliphatic rings. The second-order valence-electron chi connectivity index (χ2n) is 8.99. The molecule has 0 N–H and O–H groups in total. The molecule has 30 heavy (non-hydrogen) atoms. The van der Waals surface area contributed by atoms with Crippen LogP contribution >= 0.6 is 0 Å². The van der Waals surface area contributed by atoms with Crippen molar-refractivity contribution in [1.29, 1.82) is 0 Å². The van der Waals surface area contributed by atoms with Gasteiger partial charge in [0.1, 0.15) is 12.0 Å². The van der Waals surface area contributed by atoms with Gasteiger partial charge in [-0.3, -0.25) is 9.47 Å². The summed E-state index contributed by atoms with van der Waals surface area (Å²) in [6, 6.07) is 7.99. The van der Waals surface area contributed by atoms with Gasteiger partial charge in [-0.1, -0.05) is 38.1 Å². The molecule has 1 saturated heterocycles. The third-order valence-electron chi connectivity index (χ3n) is 5.74. The summed E-state index contributed by atoms with van der Waals surface area (Å²) in [4.78, 5) is 26.4. The number of likely N-dealkylation sites (tertiary alicyclic amines) is 1. The lowest BCUT2D eigenvalue weighted by atomic mass is 9.97. The predicted molar refractivity (Wildman–Crippen MR) is 113 cm³/mol. The van der Waals surface area contributed by atoms with Crippen molar-refractivity contribution in [3.8, 4) is 17.2 Å². The molecule has 0 saturated carbocycles. The van der Waals surface area contributed by atoms with Crippen molar-refractivity contribution in [2.45, 2.75) is 52.0 Å². The number of benzene rings is 1. The van der Waals surface area contributed by atoms with Crippen LogP contribution in [-0.2, 0) is 12.0 Å². The van der Waals surface area contributed by atoms with Gasteiger partial charge in [-0.2, -0.15) is 4.98 Å². The van der Waals surface area contributed by atoms with Crippen LogP contribution in [0.15, 0.2) is 35.1 Å². The second kappa shape index (κ2) is 6.97. The van der Waals surface area contributed by atoms with Gasteiger partial charge in [0.15, 0.2) is 0 Å². The van der Waals surface area contributed by atoms with Crippen molar-refractivity contribution in [2.24, 2.45) is 0 Å². The number of rotatable bonds is 1. The van der Waals surface area contributed by atoms with E-state index in [1.807, 2.05) is 59.4 Å². The fourth-order valence-electron chi connectivity index (χ4n) is 4.10. The van der Waals surface area contributed by atoms with Gasteiger partial charge in [0.25, 0.3) is 0 Å². The van der Waals surface area contributed by atoms with Crippen LogP contribution in [0, 0.1) is 0 Å². The Morgan fingerprint density at radius 3 is 2.50 bits per heavy atom. The second-order valence-corrected chi connectivity index (χ2v) is 8.99. The number of piperidine rings is 1. The Bertz CT molecular complexity index is 1090. The number of nitrogens with zero attached hydrogens (tertiary/aromatic N) is 6. The van der Waals surface area contributed by atoms with E-state index < -0.39 is 0 Å². The number of amides is 2. The summed E-state index contributed by atoms with van der Waals surface area (Å²) < 4.78 is 7.51. The Labute approximate surface area is 175 Å². The van der Waals surface area contributed by atoms with E-state index in [9.17, 15) is 4.79 Å². The maximum absolute atomic E-state index is 13.4. The molecule has 2 aliphatic heterocycles.